The van der Waals surface area contributed by atoms with Crippen molar-refractivity contribution < 1.29 is 4.79 Å². The summed E-state index contributed by atoms with van der Waals surface area (Å²) in [6.45, 7) is 0. The molecule has 3 nitrogen and oxygen atoms in total. The summed E-state index contributed by atoms with van der Waals surface area (Å²) in [7, 11) is 0. The highest BCUT2D eigenvalue weighted by molar-refractivity contribution is 7.17. The molecule has 1 fully saturated rings. The van der Waals surface area contributed by atoms with E-state index >= 15 is 0 Å². The molecule has 1 amide bonds. The second-order valence-corrected chi connectivity index (χ2v) is 7.88. The van der Waals surface area contributed by atoms with Gasteiger partial charge in [0.1, 0.15) is 5.69 Å². The summed E-state index contributed by atoms with van der Waals surface area (Å²) < 4.78 is 3.34. The Morgan fingerprint density at radius 2 is 1.96 bits per heavy atom. The van der Waals surface area contributed by atoms with Crippen molar-refractivity contribution in [2.45, 2.75) is 31.7 Å². The fourth-order valence-electron chi connectivity index (χ4n) is 3.46. The summed E-state index contributed by atoms with van der Waals surface area (Å²) >= 11 is 13.9. The lowest BCUT2D eigenvalue weighted by Crippen LogP contribution is -2.19. The highest BCUT2D eigenvalue weighted by atomic mass is 35.5. The molecule has 0 radical (unpaired) electrons. The van der Waals surface area contributed by atoms with Gasteiger partial charge in [-0.2, -0.15) is 0 Å². The van der Waals surface area contributed by atoms with Gasteiger partial charge in [-0.1, -0.05) is 36.0 Å². The van der Waals surface area contributed by atoms with Crippen LogP contribution in [0.1, 0.15) is 42.2 Å². The molecule has 1 saturated carbocycles. The normalized spacial score (nSPS) is 15.2. The largest absolute Gasteiger partial charge is 0.333 e. The van der Waals surface area contributed by atoms with Gasteiger partial charge in [-0.15, -0.1) is 11.3 Å². The monoisotopic (exact) mass is 378 g/mol. The molecular formula is C18H16Cl2N2OS. The van der Waals surface area contributed by atoms with E-state index in [2.05, 4.69) is 21.3 Å². The molecule has 2 aromatic heterocycles. The molecule has 4 rings (SSSR count). The number of amides is 1. The van der Waals surface area contributed by atoms with Crippen molar-refractivity contribution in [2.75, 3.05) is 5.32 Å². The van der Waals surface area contributed by atoms with Crippen molar-refractivity contribution in [1.29, 1.82) is 0 Å². The molecule has 0 spiro atoms. The third kappa shape index (κ3) is 2.83. The molecular weight excluding hydrogens is 363 g/mol. The molecule has 2 heterocycles. The number of benzene rings is 1. The van der Waals surface area contributed by atoms with Gasteiger partial charge in [-0.05, 0) is 48.6 Å². The molecule has 0 saturated heterocycles. The Balaban J connectivity index is 1.72. The van der Waals surface area contributed by atoms with Crippen molar-refractivity contribution in [2.24, 2.45) is 0 Å². The molecule has 0 atom stereocenters. The number of anilines is 1. The highest BCUT2D eigenvalue weighted by Gasteiger charge is 2.25. The van der Waals surface area contributed by atoms with Gasteiger partial charge in [0.2, 0.25) is 0 Å². The van der Waals surface area contributed by atoms with Gasteiger partial charge in [0.15, 0.2) is 0 Å². The molecule has 124 valence electrons. The second-order valence-electron chi connectivity index (χ2n) is 6.09. The van der Waals surface area contributed by atoms with Gasteiger partial charge in [0.05, 0.1) is 20.9 Å². The molecule has 6 heteroatoms. The van der Waals surface area contributed by atoms with Crippen molar-refractivity contribution in [3.05, 3.63) is 51.5 Å². The number of fused-ring (bicyclic) bond motifs is 1. The molecule has 24 heavy (non-hydrogen) atoms. The minimum absolute atomic E-state index is 0.144. The van der Waals surface area contributed by atoms with Gasteiger partial charge < -0.3 is 9.88 Å². The second kappa shape index (κ2) is 6.43. The Morgan fingerprint density at radius 1 is 1.17 bits per heavy atom. The Kier molecular flexibility index (Phi) is 4.29. The van der Waals surface area contributed by atoms with E-state index in [1.54, 1.807) is 29.5 Å². The van der Waals surface area contributed by atoms with E-state index < -0.39 is 0 Å². The third-order valence-corrected chi connectivity index (χ3v) is 5.98. The highest BCUT2D eigenvalue weighted by Crippen LogP contribution is 2.37. The first kappa shape index (κ1) is 16.0. The molecule has 1 aliphatic carbocycles. The van der Waals surface area contributed by atoms with Crippen LogP contribution >= 0.6 is 34.5 Å². The van der Waals surface area contributed by atoms with Crippen LogP contribution < -0.4 is 5.32 Å². The van der Waals surface area contributed by atoms with Gasteiger partial charge in [0.25, 0.3) is 5.91 Å². The Bertz CT molecular complexity index is 909. The van der Waals surface area contributed by atoms with Crippen LogP contribution in [0.4, 0.5) is 5.69 Å². The quantitative estimate of drug-likeness (QED) is 0.563. The summed E-state index contributed by atoms with van der Waals surface area (Å²) in [6, 6.07) is 9.54. The molecule has 0 aliphatic heterocycles. The minimum atomic E-state index is -0.144. The van der Waals surface area contributed by atoms with E-state index in [0.29, 0.717) is 27.5 Å². The summed E-state index contributed by atoms with van der Waals surface area (Å²) in [5.41, 5.74) is 2.38. The average molecular weight is 379 g/mol. The summed E-state index contributed by atoms with van der Waals surface area (Å²) in [5.74, 6) is -0.144. The standard InChI is InChI=1S/C18H16Cl2N2OS/c19-11-5-6-13(20)14(9-11)21-18(23)16-10-17-15(7-8-24-17)22(16)12-3-1-2-4-12/h5-10,12H,1-4H2,(H,21,23). The first-order valence-electron chi connectivity index (χ1n) is 7.98. The van der Waals surface area contributed by atoms with Crippen molar-refractivity contribution in [1.82, 2.24) is 4.57 Å². The number of carbonyl (C=O) groups excluding carboxylic acids is 1. The molecule has 0 unspecified atom stereocenters. The van der Waals surface area contributed by atoms with Gasteiger partial charge >= 0.3 is 0 Å². The number of halogens is 2. The fourth-order valence-corrected chi connectivity index (χ4v) is 4.60. The van der Waals surface area contributed by atoms with E-state index in [9.17, 15) is 4.79 Å². The van der Waals surface area contributed by atoms with E-state index in [-0.39, 0.29) is 5.91 Å². The van der Waals surface area contributed by atoms with Crippen molar-refractivity contribution in [3.8, 4) is 0 Å². The molecule has 1 aromatic carbocycles. The van der Waals surface area contributed by atoms with Crippen molar-refractivity contribution in [3.63, 3.8) is 0 Å². The number of nitrogens with one attached hydrogen (secondary N) is 1. The maximum atomic E-state index is 12.9. The Hall–Kier alpha value is -1.49. The predicted octanol–water partition coefficient (Wildman–Crippen LogP) is 6.38. The zero-order chi connectivity index (χ0) is 16.7. The Labute approximate surface area is 154 Å². The van der Waals surface area contributed by atoms with Crippen LogP contribution in [-0.4, -0.2) is 10.5 Å². The first-order valence-corrected chi connectivity index (χ1v) is 9.62. The molecule has 3 aromatic rings. The third-order valence-electron chi connectivity index (χ3n) is 4.56. The number of carbonyl (C=O) groups is 1. The molecule has 1 aliphatic rings. The van der Waals surface area contributed by atoms with Crippen LogP contribution in [0.2, 0.25) is 10.0 Å². The van der Waals surface area contributed by atoms with Crippen LogP contribution in [-0.2, 0) is 0 Å². The number of nitrogens with zero attached hydrogens (tertiary/aromatic N) is 1. The maximum absolute atomic E-state index is 12.9. The number of rotatable bonds is 3. The minimum Gasteiger partial charge on any atom is -0.333 e. The maximum Gasteiger partial charge on any atom is 0.272 e. The van der Waals surface area contributed by atoms with E-state index in [1.165, 1.54) is 12.8 Å². The lowest BCUT2D eigenvalue weighted by atomic mass is 10.2. The van der Waals surface area contributed by atoms with Crippen LogP contribution in [0.3, 0.4) is 0 Å². The van der Waals surface area contributed by atoms with Crippen LogP contribution in [0.5, 0.6) is 0 Å². The average Bonchev–Trinajstić information content (AvgIpc) is 3.26. The van der Waals surface area contributed by atoms with Crippen molar-refractivity contribution >= 4 is 56.3 Å². The summed E-state index contributed by atoms with van der Waals surface area (Å²) in [5, 5.41) is 6.01. The number of thiophene rings is 1. The van der Waals surface area contributed by atoms with Crippen LogP contribution in [0.25, 0.3) is 10.2 Å². The smallest absolute Gasteiger partial charge is 0.272 e. The first-order chi connectivity index (χ1) is 11.6. The predicted molar refractivity (Wildman–Crippen MR) is 102 cm³/mol. The number of hydrogen-bond donors (Lipinski definition) is 1. The summed E-state index contributed by atoms with van der Waals surface area (Å²) in [6.07, 6.45) is 4.68. The molecule has 1 N–H and O–H groups in total. The van der Waals surface area contributed by atoms with E-state index in [4.69, 9.17) is 23.2 Å². The Morgan fingerprint density at radius 3 is 2.75 bits per heavy atom. The van der Waals surface area contributed by atoms with E-state index in [0.717, 1.165) is 23.1 Å². The lowest BCUT2D eigenvalue weighted by Gasteiger charge is -2.17. The molecule has 0 bridgehead atoms. The lowest BCUT2D eigenvalue weighted by molar-refractivity contribution is 0.101. The van der Waals surface area contributed by atoms with Crippen LogP contribution in [0.15, 0.2) is 35.7 Å². The topological polar surface area (TPSA) is 34.0 Å². The fraction of sp³-hybridized carbons (Fsp3) is 0.278. The van der Waals surface area contributed by atoms with Crippen LogP contribution in [0, 0.1) is 0 Å². The van der Waals surface area contributed by atoms with Gasteiger partial charge in [0, 0.05) is 11.1 Å². The van der Waals surface area contributed by atoms with Gasteiger partial charge in [-0.25, -0.2) is 0 Å². The number of aromatic nitrogens is 1. The van der Waals surface area contributed by atoms with Gasteiger partial charge in [-0.3, -0.25) is 4.79 Å². The SMILES string of the molecule is O=C(Nc1cc(Cl)ccc1Cl)c1cc2sccc2n1C1CCCC1. The zero-order valence-electron chi connectivity index (χ0n) is 12.9. The number of hydrogen-bond acceptors (Lipinski definition) is 2. The zero-order valence-corrected chi connectivity index (χ0v) is 15.2. The van der Waals surface area contributed by atoms with E-state index in [1.807, 2.05) is 6.07 Å². The summed E-state index contributed by atoms with van der Waals surface area (Å²) in [4.78, 5) is 12.9.